The maximum atomic E-state index is 5.99. The number of nitrogens with one attached hydrogen (secondary N) is 1. The average molecular weight is 318 g/mol. The van der Waals surface area contributed by atoms with Crippen molar-refractivity contribution >= 4 is 39.0 Å². The first kappa shape index (κ1) is 14.3. The van der Waals surface area contributed by atoms with E-state index in [4.69, 9.17) is 11.6 Å². The van der Waals surface area contributed by atoms with Crippen LogP contribution in [-0.2, 0) is 6.42 Å². The van der Waals surface area contributed by atoms with E-state index in [1.165, 1.54) is 16.0 Å². The number of aromatic nitrogens is 2. The molecule has 5 heteroatoms. The number of anilines is 1. The first-order valence-electron chi connectivity index (χ1n) is 6.85. The first-order chi connectivity index (χ1) is 10.1. The minimum absolute atomic E-state index is 0.294. The molecule has 0 aliphatic rings. The number of rotatable bonds is 4. The fourth-order valence-electron chi connectivity index (χ4n) is 2.34. The Morgan fingerprint density at radius 1 is 1.19 bits per heavy atom. The van der Waals surface area contributed by atoms with Crippen LogP contribution in [0.4, 0.5) is 5.82 Å². The minimum atomic E-state index is 0.294. The van der Waals surface area contributed by atoms with Crippen molar-refractivity contribution in [2.45, 2.75) is 20.3 Å². The van der Waals surface area contributed by atoms with Crippen LogP contribution in [0.3, 0.4) is 0 Å². The molecule has 3 rings (SSSR count). The molecule has 21 heavy (non-hydrogen) atoms. The molecule has 3 nitrogen and oxygen atoms in total. The SMILES string of the molecule is Cc1cccc(CCNc2nc(Cl)nc3sc(C)cc23)c1. The van der Waals surface area contributed by atoms with Gasteiger partial charge >= 0.3 is 0 Å². The Labute approximate surface area is 133 Å². The third-order valence-corrected chi connectivity index (χ3v) is 4.39. The van der Waals surface area contributed by atoms with Gasteiger partial charge in [-0.1, -0.05) is 29.8 Å². The zero-order chi connectivity index (χ0) is 14.8. The summed E-state index contributed by atoms with van der Waals surface area (Å²) in [4.78, 5) is 10.7. The van der Waals surface area contributed by atoms with Crippen molar-refractivity contribution < 1.29 is 0 Å². The van der Waals surface area contributed by atoms with Gasteiger partial charge in [-0.15, -0.1) is 11.3 Å². The molecule has 0 aliphatic heterocycles. The van der Waals surface area contributed by atoms with Crippen LogP contribution in [0, 0.1) is 13.8 Å². The number of hydrogen-bond acceptors (Lipinski definition) is 4. The highest BCUT2D eigenvalue weighted by molar-refractivity contribution is 7.18. The molecule has 0 spiro atoms. The summed E-state index contributed by atoms with van der Waals surface area (Å²) in [7, 11) is 0. The lowest BCUT2D eigenvalue weighted by Gasteiger charge is -2.07. The molecule has 2 heterocycles. The van der Waals surface area contributed by atoms with E-state index in [-0.39, 0.29) is 0 Å². The number of benzene rings is 1. The van der Waals surface area contributed by atoms with Crippen molar-refractivity contribution in [1.82, 2.24) is 9.97 Å². The Morgan fingerprint density at radius 3 is 2.86 bits per heavy atom. The Kier molecular flexibility index (Phi) is 4.08. The summed E-state index contributed by atoms with van der Waals surface area (Å²) in [5.74, 6) is 0.821. The number of halogens is 1. The molecule has 1 aromatic carbocycles. The predicted molar refractivity (Wildman–Crippen MR) is 90.5 cm³/mol. The first-order valence-corrected chi connectivity index (χ1v) is 8.04. The fraction of sp³-hybridized carbons (Fsp3) is 0.250. The van der Waals surface area contributed by atoms with Crippen molar-refractivity contribution in [3.8, 4) is 0 Å². The van der Waals surface area contributed by atoms with E-state index in [1.807, 2.05) is 0 Å². The molecule has 1 N–H and O–H groups in total. The van der Waals surface area contributed by atoms with Gasteiger partial charge in [-0.25, -0.2) is 9.97 Å². The zero-order valence-electron chi connectivity index (χ0n) is 12.0. The predicted octanol–water partition coefficient (Wildman–Crippen LogP) is 4.62. The van der Waals surface area contributed by atoms with Gasteiger partial charge in [-0.2, -0.15) is 0 Å². The van der Waals surface area contributed by atoms with Crippen LogP contribution in [0.25, 0.3) is 10.2 Å². The maximum absolute atomic E-state index is 5.99. The van der Waals surface area contributed by atoms with E-state index in [9.17, 15) is 0 Å². The highest BCUT2D eigenvalue weighted by atomic mass is 35.5. The molecule has 3 aromatic rings. The molecule has 0 fully saturated rings. The Hall–Kier alpha value is -1.65. The summed E-state index contributed by atoms with van der Waals surface area (Å²) in [5, 5.41) is 4.72. The maximum Gasteiger partial charge on any atom is 0.225 e. The van der Waals surface area contributed by atoms with Crippen LogP contribution in [0.5, 0.6) is 0 Å². The van der Waals surface area contributed by atoms with Gasteiger partial charge in [0, 0.05) is 11.4 Å². The van der Waals surface area contributed by atoms with Crippen molar-refractivity contribution in [3.05, 3.63) is 51.6 Å². The largest absolute Gasteiger partial charge is 0.369 e. The van der Waals surface area contributed by atoms with Gasteiger partial charge in [0.1, 0.15) is 10.6 Å². The standard InChI is InChI=1S/C16H16ClN3S/c1-10-4-3-5-12(8-10)6-7-18-14-13-9-11(2)21-15(13)20-16(17)19-14/h3-5,8-9H,6-7H2,1-2H3,(H,18,19,20). The van der Waals surface area contributed by atoms with Crippen molar-refractivity contribution in [1.29, 1.82) is 0 Å². The normalized spacial score (nSPS) is 11.0. The van der Waals surface area contributed by atoms with Gasteiger partial charge in [-0.3, -0.25) is 0 Å². The van der Waals surface area contributed by atoms with Gasteiger partial charge in [0.15, 0.2) is 0 Å². The molecule has 0 unspecified atom stereocenters. The van der Waals surface area contributed by atoms with E-state index in [0.717, 1.165) is 29.0 Å². The van der Waals surface area contributed by atoms with Crippen LogP contribution in [0.1, 0.15) is 16.0 Å². The number of hydrogen-bond donors (Lipinski definition) is 1. The highest BCUT2D eigenvalue weighted by Gasteiger charge is 2.09. The number of aryl methyl sites for hydroxylation is 2. The molecule has 0 radical (unpaired) electrons. The minimum Gasteiger partial charge on any atom is -0.369 e. The van der Waals surface area contributed by atoms with Crippen LogP contribution < -0.4 is 5.32 Å². The lowest BCUT2D eigenvalue weighted by atomic mass is 10.1. The molecule has 0 amide bonds. The zero-order valence-corrected chi connectivity index (χ0v) is 13.6. The summed E-state index contributed by atoms with van der Waals surface area (Å²) < 4.78 is 0. The molecular formula is C16H16ClN3S. The lowest BCUT2D eigenvalue weighted by molar-refractivity contribution is 1.00. The van der Waals surface area contributed by atoms with Crippen LogP contribution in [0.15, 0.2) is 30.3 Å². The Balaban J connectivity index is 1.76. The second-order valence-corrected chi connectivity index (χ2v) is 6.66. The molecule has 0 atom stereocenters. The van der Waals surface area contributed by atoms with Gasteiger partial charge in [0.2, 0.25) is 5.28 Å². The van der Waals surface area contributed by atoms with Gasteiger partial charge in [-0.05, 0) is 43.5 Å². The summed E-state index contributed by atoms with van der Waals surface area (Å²) in [6.07, 6.45) is 0.952. The van der Waals surface area contributed by atoms with Gasteiger partial charge in [0.25, 0.3) is 0 Å². The molecule has 0 saturated heterocycles. The summed E-state index contributed by atoms with van der Waals surface area (Å²) >= 11 is 7.63. The molecular weight excluding hydrogens is 302 g/mol. The second kappa shape index (κ2) is 6.00. The van der Waals surface area contributed by atoms with E-state index in [2.05, 4.69) is 59.5 Å². The van der Waals surface area contributed by atoms with E-state index < -0.39 is 0 Å². The monoisotopic (exact) mass is 317 g/mol. The van der Waals surface area contributed by atoms with Crippen LogP contribution >= 0.6 is 22.9 Å². The Bertz CT molecular complexity index is 782. The third-order valence-electron chi connectivity index (χ3n) is 3.28. The van der Waals surface area contributed by atoms with Crippen LogP contribution in [0.2, 0.25) is 5.28 Å². The fourth-order valence-corrected chi connectivity index (χ4v) is 3.44. The van der Waals surface area contributed by atoms with E-state index >= 15 is 0 Å². The molecule has 0 bridgehead atoms. The van der Waals surface area contributed by atoms with E-state index in [1.54, 1.807) is 11.3 Å². The van der Waals surface area contributed by atoms with Gasteiger partial charge in [0.05, 0.1) is 5.39 Å². The molecule has 2 aromatic heterocycles. The highest BCUT2D eigenvalue weighted by Crippen LogP contribution is 2.29. The Morgan fingerprint density at radius 2 is 2.05 bits per heavy atom. The third kappa shape index (κ3) is 3.34. The second-order valence-electron chi connectivity index (χ2n) is 5.08. The van der Waals surface area contributed by atoms with Gasteiger partial charge < -0.3 is 5.32 Å². The quantitative estimate of drug-likeness (QED) is 0.714. The van der Waals surface area contributed by atoms with Crippen molar-refractivity contribution in [2.75, 3.05) is 11.9 Å². The number of thiophene rings is 1. The summed E-state index contributed by atoms with van der Waals surface area (Å²) in [5.41, 5.74) is 2.61. The smallest absolute Gasteiger partial charge is 0.225 e. The summed E-state index contributed by atoms with van der Waals surface area (Å²) in [6.45, 7) is 5.00. The molecule has 108 valence electrons. The number of nitrogens with zero attached hydrogens (tertiary/aromatic N) is 2. The van der Waals surface area contributed by atoms with Crippen LogP contribution in [-0.4, -0.2) is 16.5 Å². The van der Waals surface area contributed by atoms with Crippen molar-refractivity contribution in [2.24, 2.45) is 0 Å². The molecule has 0 aliphatic carbocycles. The van der Waals surface area contributed by atoms with Crippen molar-refractivity contribution in [3.63, 3.8) is 0 Å². The topological polar surface area (TPSA) is 37.8 Å². The summed E-state index contributed by atoms with van der Waals surface area (Å²) in [6, 6.07) is 10.7. The average Bonchev–Trinajstić information content (AvgIpc) is 2.79. The van der Waals surface area contributed by atoms with E-state index in [0.29, 0.717) is 5.28 Å². The molecule has 0 saturated carbocycles. The number of fused-ring (bicyclic) bond motifs is 1. The lowest BCUT2D eigenvalue weighted by Crippen LogP contribution is -2.07.